The summed E-state index contributed by atoms with van der Waals surface area (Å²) < 4.78 is 0. The van der Waals surface area contributed by atoms with Crippen molar-refractivity contribution in [2.45, 2.75) is 6.42 Å². The number of fused-ring (bicyclic) bond motifs is 1. The number of hydrogen-bond donors (Lipinski definition) is 0. The molecule has 0 N–H and O–H groups in total. The zero-order valence-corrected chi connectivity index (χ0v) is 9.06. The lowest BCUT2D eigenvalue weighted by Crippen LogP contribution is -2.38. The molecule has 3 rings (SSSR count). The van der Waals surface area contributed by atoms with Gasteiger partial charge in [-0.1, -0.05) is 18.7 Å². The number of rotatable bonds is 2. The van der Waals surface area contributed by atoms with Gasteiger partial charge in [0.25, 0.3) is 0 Å². The highest BCUT2D eigenvalue weighted by molar-refractivity contribution is 5.81. The zero-order valence-electron chi connectivity index (χ0n) is 9.06. The van der Waals surface area contributed by atoms with Crippen LogP contribution in [0.3, 0.4) is 0 Å². The molecule has 0 unspecified atom stereocenters. The molecule has 1 aliphatic heterocycles. The van der Waals surface area contributed by atoms with E-state index in [4.69, 9.17) is 0 Å². The smallest absolute Gasteiger partial charge is 0.225 e. The highest BCUT2D eigenvalue weighted by Crippen LogP contribution is 2.20. The first kappa shape index (κ1) is 9.33. The van der Waals surface area contributed by atoms with Gasteiger partial charge in [0.1, 0.15) is 0 Å². The minimum absolute atomic E-state index is 0.852. The Morgan fingerprint density at radius 1 is 1.31 bits per heavy atom. The van der Waals surface area contributed by atoms with Gasteiger partial charge in [0.05, 0.1) is 5.52 Å². The highest BCUT2D eigenvalue weighted by Gasteiger charge is 2.16. The molecule has 1 fully saturated rings. The maximum atomic E-state index is 4.55. The summed E-state index contributed by atoms with van der Waals surface area (Å²) in [5, 5.41) is 1.07. The summed E-state index contributed by atoms with van der Waals surface area (Å²) >= 11 is 0. The van der Waals surface area contributed by atoms with Gasteiger partial charge in [0.2, 0.25) is 5.95 Å². The molecule has 0 bridgehead atoms. The first-order chi connectivity index (χ1) is 7.86. The average Bonchev–Trinajstić information content (AvgIpc) is 2.26. The van der Waals surface area contributed by atoms with Crippen molar-refractivity contribution in [3.8, 4) is 0 Å². The summed E-state index contributed by atoms with van der Waals surface area (Å²) in [6.07, 6.45) is 4.97. The van der Waals surface area contributed by atoms with Crippen molar-refractivity contribution in [1.82, 2.24) is 9.97 Å². The first-order valence-corrected chi connectivity index (χ1v) is 5.51. The van der Waals surface area contributed by atoms with Gasteiger partial charge in [0, 0.05) is 24.7 Å². The molecular weight excluding hydrogens is 198 g/mol. The van der Waals surface area contributed by atoms with Crippen LogP contribution in [0.2, 0.25) is 0 Å². The van der Waals surface area contributed by atoms with E-state index in [0.29, 0.717) is 0 Å². The molecule has 16 heavy (non-hydrogen) atoms. The van der Waals surface area contributed by atoms with Crippen molar-refractivity contribution in [2.24, 2.45) is 0 Å². The Morgan fingerprint density at radius 2 is 2.19 bits per heavy atom. The molecule has 1 saturated heterocycles. The molecule has 0 aliphatic carbocycles. The van der Waals surface area contributed by atoms with Crippen LogP contribution in [0.4, 0.5) is 5.95 Å². The Labute approximate surface area is 94.4 Å². The summed E-state index contributed by atoms with van der Waals surface area (Å²) in [7, 11) is 0. The maximum absolute atomic E-state index is 4.55. The van der Waals surface area contributed by atoms with Gasteiger partial charge in [0.15, 0.2) is 0 Å². The molecule has 1 aromatic heterocycles. The molecular formula is C13H13N3. The van der Waals surface area contributed by atoms with E-state index in [1.807, 2.05) is 24.4 Å². The van der Waals surface area contributed by atoms with Gasteiger partial charge in [-0.05, 0) is 24.1 Å². The largest absolute Gasteiger partial charge is 0.341 e. The summed E-state index contributed by atoms with van der Waals surface area (Å²) in [6.45, 7) is 5.92. The second kappa shape index (κ2) is 3.59. The maximum Gasteiger partial charge on any atom is 0.225 e. The lowest BCUT2D eigenvalue weighted by Gasteiger charge is -2.30. The van der Waals surface area contributed by atoms with E-state index in [2.05, 4.69) is 27.5 Å². The Balaban J connectivity index is 2.07. The molecule has 2 aromatic rings. The standard InChI is InChI=1S/C13H13N3/c1-2-10-4-5-12-11(8-10)9-14-13(15-12)16-6-3-7-16/h2,4-5,8-9H,1,3,6-7H2. The Kier molecular flexibility index (Phi) is 2.10. The average molecular weight is 211 g/mol. The molecule has 0 saturated carbocycles. The lowest BCUT2D eigenvalue weighted by molar-refractivity contribution is 0.601. The number of nitrogens with zero attached hydrogens (tertiary/aromatic N) is 3. The Morgan fingerprint density at radius 3 is 2.88 bits per heavy atom. The van der Waals surface area contributed by atoms with Crippen molar-refractivity contribution < 1.29 is 0 Å². The molecule has 1 aliphatic rings. The lowest BCUT2D eigenvalue weighted by atomic mass is 10.1. The van der Waals surface area contributed by atoms with Crippen LogP contribution >= 0.6 is 0 Å². The highest BCUT2D eigenvalue weighted by atomic mass is 15.3. The third-order valence-corrected chi connectivity index (χ3v) is 2.97. The minimum Gasteiger partial charge on any atom is -0.341 e. The van der Waals surface area contributed by atoms with Crippen LogP contribution in [0.5, 0.6) is 0 Å². The second-order valence-electron chi connectivity index (χ2n) is 4.03. The van der Waals surface area contributed by atoms with Crippen LogP contribution in [0, 0.1) is 0 Å². The van der Waals surface area contributed by atoms with Crippen molar-refractivity contribution >= 4 is 22.9 Å². The molecule has 0 spiro atoms. The van der Waals surface area contributed by atoms with Gasteiger partial charge in [-0.15, -0.1) is 0 Å². The molecule has 0 radical (unpaired) electrons. The van der Waals surface area contributed by atoms with E-state index >= 15 is 0 Å². The van der Waals surface area contributed by atoms with Crippen LogP contribution in [-0.4, -0.2) is 23.1 Å². The van der Waals surface area contributed by atoms with Gasteiger partial charge in [-0.2, -0.15) is 0 Å². The van der Waals surface area contributed by atoms with E-state index in [1.54, 1.807) is 0 Å². The third-order valence-electron chi connectivity index (χ3n) is 2.97. The Bertz CT molecular complexity index is 544. The van der Waals surface area contributed by atoms with Crippen molar-refractivity contribution in [3.05, 3.63) is 36.5 Å². The second-order valence-corrected chi connectivity index (χ2v) is 4.03. The van der Waals surface area contributed by atoms with E-state index in [-0.39, 0.29) is 0 Å². The van der Waals surface area contributed by atoms with Crippen LogP contribution < -0.4 is 4.90 Å². The number of hydrogen-bond acceptors (Lipinski definition) is 3. The molecule has 80 valence electrons. The zero-order chi connectivity index (χ0) is 11.0. The van der Waals surface area contributed by atoms with Crippen molar-refractivity contribution in [2.75, 3.05) is 18.0 Å². The van der Waals surface area contributed by atoms with Crippen LogP contribution in [0.1, 0.15) is 12.0 Å². The predicted molar refractivity (Wildman–Crippen MR) is 66.5 cm³/mol. The van der Waals surface area contributed by atoms with Gasteiger partial charge in [-0.25, -0.2) is 9.97 Å². The molecule has 3 nitrogen and oxygen atoms in total. The summed E-state index contributed by atoms with van der Waals surface area (Å²) in [6, 6.07) is 6.11. The minimum atomic E-state index is 0.852. The normalized spacial score (nSPS) is 14.9. The predicted octanol–water partition coefficient (Wildman–Crippen LogP) is 2.48. The Hall–Kier alpha value is -1.90. The number of benzene rings is 1. The van der Waals surface area contributed by atoms with E-state index in [9.17, 15) is 0 Å². The van der Waals surface area contributed by atoms with E-state index < -0.39 is 0 Å². The van der Waals surface area contributed by atoms with E-state index in [1.165, 1.54) is 6.42 Å². The third kappa shape index (κ3) is 1.45. The van der Waals surface area contributed by atoms with Gasteiger partial charge >= 0.3 is 0 Å². The molecule has 1 aromatic carbocycles. The van der Waals surface area contributed by atoms with Crippen LogP contribution in [-0.2, 0) is 0 Å². The van der Waals surface area contributed by atoms with Gasteiger partial charge in [-0.3, -0.25) is 0 Å². The number of aromatic nitrogens is 2. The fourth-order valence-corrected chi connectivity index (χ4v) is 1.84. The van der Waals surface area contributed by atoms with Crippen LogP contribution in [0.25, 0.3) is 17.0 Å². The monoisotopic (exact) mass is 211 g/mol. The SMILES string of the molecule is C=Cc1ccc2nc(N3CCC3)ncc2c1. The summed E-state index contributed by atoms with van der Waals surface area (Å²) in [5.74, 6) is 0.852. The molecule has 2 heterocycles. The van der Waals surface area contributed by atoms with Crippen molar-refractivity contribution in [1.29, 1.82) is 0 Å². The van der Waals surface area contributed by atoms with Gasteiger partial charge < -0.3 is 4.90 Å². The fraction of sp³-hybridized carbons (Fsp3) is 0.231. The topological polar surface area (TPSA) is 29.0 Å². The summed E-state index contributed by atoms with van der Waals surface area (Å²) in [4.78, 5) is 11.1. The fourth-order valence-electron chi connectivity index (χ4n) is 1.84. The van der Waals surface area contributed by atoms with Crippen molar-refractivity contribution in [3.63, 3.8) is 0 Å². The number of anilines is 1. The molecule has 3 heteroatoms. The summed E-state index contributed by atoms with van der Waals surface area (Å²) in [5.41, 5.74) is 2.11. The first-order valence-electron chi connectivity index (χ1n) is 5.51. The van der Waals surface area contributed by atoms with Crippen LogP contribution in [0.15, 0.2) is 31.0 Å². The quantitative estimate of drug-likeness (QED) is 0.764. The molecule has 0 amide bonds. The molecule has 0 atom stereocenters. The van der Waals surface area contributed by atoms with E-state index in [0.717, 1.165) is 35.5 Å².